The average Bonchev–Trinajstić information content (AvgIpc) is 2.58. The maximum absolute atomic E-state index is 9.60. The molecule has 1 aromatic carbocycles. The zero-order valence-electron chi connectivity index (χ0n) is 10.7. The lowest BCUT2D eigenvalue weighted by molar-refractivity contribution is 0.198. The maximum Gasteiger partial charge on any atom is 0.0772 e. The summed E-state index contributed by atoms with van der Waals surface area (Å²) in [5.41, 5.74) is 2.61. The van der Waals surface area contributed by atoms with Crippen molar-refractivity contribution in [3.8, 4) is 0 Å². The predicted octanol–water partition coefficient (Wildman–Crippen LogP) is 3.74. The van der Waals surface area contributed by atoms with E-state index in [1.807, 2.05) is 6.07 Å². The van der Waals surface area contributed by atoms with E-state index in [1.165, 1.54) is 12.1 Å². The first-order valence-electron chi connectivity index (χ1n) is 6.11. The highest BCUT2D eigenvalue weighted by atomic mass is 79.9. The predicted molar refractivity (Wildman–Crippen MR) is 75.4 cm³/mol. The van der Waals surface area contributed by atoms with Crippen molar-refractivity contribution in [2.24, 2.45) is 5.41 Å². The number of halogens is 1. The fourth-order valence-electron chi connectivity index (χ4n) is 2.38. The van der Waals surface area contributed by atoms with Crippen molar-refractivity contribution < 1.29 is 5.11 Å². The largest absolute Gasteiger partial charge is 0.389 e. The molecule has 0 aromatic heterocycles. The highest BCUT2D eigenvalue weighted by Crippen LogP contribution is 2.35. The Labute approximate surface area is 112 Å². The molecule has 1 saturated heterocycles. The average molecular weight is 298 g/mol. The molecule has 1 heterocycles. The van der Waals surface area contributed by atoms with Gasteiger partial charge in [-0.1, -0.05) is 35.8 Å². The molecule has 1 aromatic rings. The lowest BCUT2D eigenvalue weighted by atomic mass is 9.93. The van der Waals surface area contributed by atoms with Crippen LogP contribution >= 0.6 is 15.9 Å². The number of nitrogens with zero attached hydrogens (tertiary/aromatic N) is 1. The summed E-state index contributed by atoms with van der Waals surface area (Å²) in [4.78, 5) is 2.41. The fraction of sp³-hybridized carbons (Fsp3) is 0.571. The number of hydrogen-bond donors (Lipinski definition) is 1. The monoisotopic (exact) mass is 297 g/mol. The Bertz CT molecular complexity index is 415. The van der Waals surface area contributed by atoms with E-state index in [0.29, 0.717) is 5.41 Å². The second-order valence-corrected chi connectivity index (χ2v) is 6.57. The van der Waals surface area contributed by atoms with Gasteiger partial charge in [-0.05, 0) is 36.5 Å². The number of anilines is 1. The molecule has 1 aliphatic rings. The van der Waals surface area contributed by atoms with E-state index < -0.39 is 6.10 Å². The SMILES string of the molecule is CC(O)c1ccc(N2CCC(C)(C)C2)cc1Br. The number of aliphatic hydroxyl groups excluding tert-OH is 1. The molecule has 0 amide bonds. The number of rotatable bonds is 2. The van der Waals surface area contributed by atoms with Crippen molar-refractivity contribution in [3.63, 3.8) is 0 Å². The van der Waals surface area contributed by atoms with Crippen LogP contribution in [-0.2, 0) is 0 Å². The van der Waals surface area contributed by atoms with Crippen molar-refractivity contribution in [1.29, 1.82) is 0 Å². The molecule has 0 bridgehead atoms. The lowest BCUT2D eigenvalue weighted by Crippen LogP contribution is -2.22. The number of aliphatic hydroxyl groups is 1. The summed E-state index contributed by atoms with van der Waals surface area (Å²) in [6.07, 6.45) is 0.816. The summed E-state index contributed by atoms with van der Waals surface area (Å²) >= 11 is 3.54. The number of benzene rings is 1. The molecule has 1 aliphatic heterocycles. The Hall–Kier alpha value is -0.540. The van der Waals surface area contributed by atoms with Gasteiger partial charge in [0.25, 0.3) is 0 Å². The number of hydrogen-bond acceptors (Lipinski definition) is 2. The molecule has 1 atom stereocenters. The van der Waals surface area contributed by atoms with E-state index >= 15 is 0 Å². The third-order valence-corrected chi connectivity index (χ3v) is 4.16. The zero-order chi connectivity index (χ0) is 12.6. The molecular weight excluding hydrogens is 278 g/mol. The molecule has 0 radical (unpaired) electrons. The van der Waals surface area contributed by atoms with Gasteiger partial charge in [-0.15, -0.1) is 0 Å². The van der Waals surface area contributed by atoms with Crippen molar-refractivity contribution in [1.82, 2.24) is 0 Å². The van der Waals surface area contributed by atoms with Crippen molar-refractivity contribution in [3.05, 3.63) is 28.2 Å². The maximum atomic E-state index is 9.60. The van der Waals surface area contributed by atoms with Crippen molar-refractivity contribution in [2.45, 2.75) is 33.3 Å². The lowest BCUT2D eigenvalue weighted by Gasteiger charge is -2.22. The van der Waals surface area contributed by atoms with Crippen LogP contribution in [0.3, 0.4) is 0 Å². The Morgan fingerprint density at radius 1 is 1.41 bits per heavy atom. The Morgan fingerprint density at radius 2 is 2.12 bits per heavy atom. The minimum Gasteiger partial charge on any atom is -0.389 e. The Balaban J connectivity index is 2.21. The van der Waals surface area contributed by atoms with Crippen LogP contribution in [-0.4, -0.2) is 18.2 Å². The first-order chi connectivity index (χ1) is 7.89. The zero-order valence-corrected chi connectivity index (χ0v) is 12.3. The van der Waals surface area contributed by atoms with Gasteiger partial charge in [0.2, 0.25) is 0 Å². The van der Waals surface area contributed by atoms with Gasteiger partial charge in [-0.2, -0.15) is 0 Å². The summed E-state index contributed by atoms with van der Waals surface area (Å²) < 4.78 is 0.995. The summed E-state index contributed by atoms with van der Waals surface area (Å²) in [6.45, 7) is 8.64. The molecule has 2 rings (SSSR count). The van der Waals surface area contributed by atoms with Crippen LogP contribution in [0.4, 0.5) is 5.69 Å². The molecule has 17 heavy (non-hydrogen) atoms. The van der Waals surface area contributed by atoms with Gasteiger partial charge in [0.15, 0.2) is 0 Å². The van der Waals surface area contributed by atoms with Gasteiger partial charge >= 0.3 is 0 Å². The quantitative estimate of drug-likeness (QED) is 0.899. The molecule has 1 unspecified atom stereocenters. The molecule has 1 fully saturated rings. The smallest absolute Gasteiger partial charge is 0.0772 e. The van der Waals surface area contributed by atoms with Gasteiger partial charge in [-0.25, -0.2) is 0 Å². The Morgan fingerprint density at radius 3 is 2.59 bits per heavy atom. The van der Waals surface area contributed by atoms with Gasteiger partial charge in [0, 0.05) is 23.2 Å². The Kier molecular flexibility index (Phi) is 3.50. The van der Waals surface area contributed by atoms with E-state index in [0.717, 1.165) is 23.1 Å². The topological polar surface area (TPSA) is 23.5 Å². The first kappa shape index (κ1) is 12.9. The van der Waals surface area contributed by atoms with Crippen molar-refractivity contribution in [2.75, 3.05) is 18.0 Å². The summed E-state index contributed by atoms with van der Waals surface area (Å²) in [7, 11) is 0. The van der Waals surface area contributed by atoms with Crippen LogP contribution in [0.25, 0.3) is 0 Å². The van der Waals surface area contributed by atoms with Crippen LogP contribution in [0.5, 0.6) is 0 Å². The summed E-state index contributed by atoms with van der Waals surface area (Å²) in [5.74, 6) is 0. The third-order valence-electron chi connectivity index (χ3n) is 3.48. The first-order valence-corrected chi connectivity index (χ1v) is 6.91. The van der Waals surface area contributed by atoms with Gasteiger partial charge in [-0.3, -0.25) is 0 Å². The highest BCUT2D eigenvalue weighted by Gasteiger charge is 2.29. The molecule has 2 nitrogen and oxygen atoms in total. The highest BCUT2D eigenvalue weighted by molar-refractivity contribution is 9.10. The summed E-state index contributed by atoms with van der Waals surface area (Å²) in [6, 6.07) is 6.23. The minimum atomic E-state index is -0.423. The molecule has 94 valence electrons. The van der Waals surface area contributed by atoms with Crippen LogP contribution < -0.4 is 4.90 Å². The van der Waals surface area contributed by atoms with Gasteiger partial charge < -0.3 is 10.0 Å². The standard InChI is InChI=1S/C14H20BrNO/c1-10(17)12-5-4-11(8-13(12)15)16-7-6-14(2,3)9-16/h4-5,8,10,17H,6-7,9H2,1-3H3. The van der Waals surface area contributed by atoms with Crippen LogP contribution in [0, 0.1) is 5.41 Å². The van der Waals surface area contributed by atoms with Crippen LogP contribution in [0.2, 0.25) is 0 Å². The molecule has 0 spiro atoms. The van der Waals surface area contributed by atoms with Crippen LogP contribution in [0.1, 0.15) is 38.9 Å². The van der Waals surface area contributed by atoms with Gasteiger partial charge in [0.1, 0.15) is 0 Å². The second-order valence-electron chi connectivity index (χ2n) is 5.72. The van der Waals surface area contributed by atoms with E-state index in [9.17, 15) is 5.11 Å². The van der Waals surface area contributed by atoms with E-state index in [4.69, 9.17) is 0 Å². The molecule has 0 aliphatic carbocycles. The molecular formula is C14H20BrNO. The second kappa shape index (κ2) is 4.62. The third kappa shape index (κ3) is 2.83. The normalized spacial score (nSPS) is 20.6. The van der Waals surface area contributed by atoms with Gasteiger partial charge in [0.05, 0.1) is 6.10 Å². The minimum absolute atomic E-state index is 0.412. The molecule has 3 heteroatoms. The van der Waals surface area contributed by atoms with E-state index in [-0.39, 0.29) is 0 Å². The van der Waals surface area contributed by atoms with Crippen molar-refractivity contribution >= 4 is 21.6 Å². The van der Waals surface area contributed by atoms with E-state index in [1.54, 1.807) is 6.92 Å². The fourth-order valence-corrected chi connectivity index (χ4v) is 3.08. The van der Waals surface area contributed by atoms with E-state index in [2.05, 4.69) is 46.8 Å². The molecule has 1 N–H and O–H groups in total. The molecule has 0 saturated carbocycles. The summed E-state index contributed by atoms with van der Waals surface area (Å²) in [5, 5.41) is 9.60. The van der Waals surface area contributed by atoms with Crippen LogP contribution in [0.15, 0.2) is 22.7 Å².